The fourth-order valence-electron chi connectivity index (χ4n) is 5.56. The van der Waals surface area contributed by atoms with E-state index in [2.05, 4.69) is 17.2 Å². The number of unbranched alkanes of at least 4 members (excludes halogenated alkanes) is 3. The maximum Gasteiger partial charge on any atom is 0.328 e. The number of nitrogens with one attached hydrogen (secondary N) is 2. The van der Waals surface area contributed by atoms with E-state index in [-0.39, 0.29) is 17.9 Å². The molecule has 8 nitrogen and oxygen atoms in total. The lowest BCUT2D eigenvalue weighted by molar-refractivity contribution is -0.162. The molecule has 3 atom stereocenters. The third kappa shape index (κ3) is 4.88. The number of methoxy groups -OCH3 is 1. The van der Waals surface area contributed by atoms with Crippen LogP contribution in [0.4, 0.5) is 4.79 Å². The summed E-state index contributed by atoms with van der Waals surface area (Å²) in [6.07, 6.45) is 5.20. The average Bonchev–Trinajstić information content (AvgIpc) is 3.22. The lowest BCUT2D eigenvalue weighted by Gasteiger charge is -2.50. The molecule has 0 aliphatic carbocycles. The van der Waals surface area contributed by atoms with E-state index in [9.17, 15) is 14.4 Å². The first-order valence-corrected chi connectivity index (χ1v) is 12.9. The van der Waals surface area contributed by atoms with Crippen molar-refractivity contribution >= 4 is 28.8 Å². The molecule has 3 heterocycles. The summed E-state index contributed by atoms with van der Waals surface area (Å²) in [5.74, 6) is -0.391. The number of ether oxygens (including phenoxy) is 1. The molecule has 4 rings (SSSR count). The van der Waals surface area contributed by atoms with Crippen LogP contribution >= 0.6 is 0 Å². The maximum absolute atomic E-state index is 14.0. The molecule has 2 aliphatic rings. The Morgan fingerprint density at radius 3 is 2.69 bits per heavy atom. The number of esters is 1. The summed E-state index contributed by atoms with van der Waals surface area (Å²) in [5, 5.41) is 4.08. The van der Waals surface area contributed by atoms with Gasteiger partial charge in [-0.2, -0.15) is 0 Å². The van der Waals surface area contributed by atoms with Crippen molar-refractivity contribution < 1.29 is 19.1 Å². The van der Waals surface area contributed by atoms with Gasteiger partial charge in [0.1, 0.15) is 12.1 Å². The molecular formula is C27H38N4O4. The van der Waals surface area contributed by atoms with Crippen molar-refractivity contribution in [3.05, 3.63) is 35.5 Å². The number of urea groups is 1. The van der Waals surface area contributed by atoms with E-state index in [1.165, 1.54) is 7.11 Å². The molecule has 190 valence electrons. The zero-order chi connectivity index (χ0) is 25.1. The number of para-hydroxylation sites is 1. The van der Waals surface area contributed by atoms with Crippen molar-refractivity contribution in [3.8, 4) is 0 Å². The maximum atomic E-state index is 14.0. The number of carbonyl (C=O) groups is 3. The van der Waals surface area contributed by atoms with Crippen LogP contribution in [0.3, 0.4) is 0 Å². The van der Waals surface area contributed by atoms with Crippen LogP contribution in [-0.4, -0.2) is 65.0 Å². The quantitative estimate of drug-likeness (QED) is 0.436. The van der Waals surface area contributed by atoms with E-state index in [1.807, 2.05) is 38.1 Å². The second-order valence-electron chi connectivity index (χ2n) is 10.2. The molecule has 0 spiro atoms. The lowest BCUT2D eigenvalue weighted by Crippen LogP contribution is -2.66. The smallest absolute Gasteiger partial charge is 0.328 e. The Hall–Kier alpha value is -3.03. The number of carbonyl (C=O) groups excluding carboxylic acids is 3. The number of hydrogen-bond donors (Lipinski definition) is 2. The molecule has 3 amide bonds. The molecular weight excluding hydrogens is 444 g/mol. The fourth-order valence-corrected chi connectivity index (χ4v) is 5.56. The van der Waals surface area contributed by atoms with E-state index in [0.29, 0.717) is 25.9 Å². The van der Waals surface area contributed by atoms with Gasteiger partial charge in [0, 0.05) is 36.1 Å². The summed E-state index contributed by atoms with van der Waals surface area (Å²) in [5.41, 5.74) is 2.89. The Bertz CT molecular complexity index is 1080. The number of rotatable bonds is 8. The Morgan fingerprint density at radius 1 is 1.20 bits per heavy atom. The fraction of sp³-hybridized carbons (Fsp3) is 0.593. The average molecular weight is 483 g/mol. The van der Waals surface area contributed by atoms with E-state index in [0.717, 1.165) is 47.8 Å². The third-order valence-corrected chi connectivity index (χ3v) is 7.27. The number of hydrogen-bond acceptors (Lipinski definition) is 4. The third-order valence-electron chi connectivity index (χ3n) is 7.27. The van der Waals surface area contributed by atoms with Gasteiger partial charge in [-0.1, -0.05) is 58.2 Å². The Balaban J connectivity index is 1.69. The van der Waals surface area contributed by atoms with Gasteiger partial charge in [-0.05, 0) is 30.4 Å². The highest BCUT2D eigenvalue weighted by Gasteiger charge is 2.51. The number of piperazine rings is 1. The highest BCUT2D eigenvalue weighted by atomic mass is 16.5. The normalized spacial score (nSPS) is 21.7. The molecule has 0 unspecified atom stereocenters. The molecule has 1 aromatic heterocycles. The molecule has 0 bridgehead atoms. The van der Waals surface area contributed by atoms with Gasteiger partial charge < -0.3 is 24.8 Å². The number of aromatic nitrogens is 1. The van der Waals surface area contributed by atoms with Crippen molar-refractivity contribution in [1.29, 1.82) is 0 Å². The molecule has 1 aromatic carbocycles. The number of benzene rings is 1. The predicted molar refractivity (Wildman–Crippen MR) is 135 cm³/mol. The Kier molecular flexibility index (Phi) is 7.67. The summed E-state index contributed by atoms with van der Waals surface area (Å²) in [6, 6.07) is 6.00. The largest absolute Gasteiger partial charge is 0.467 e. The molecule has 2 N–H and O–H groups in total. The van der Waals surface area contributed by atoms with E-state index >= 15 is 0 Å². The van der Waals surface area contributed by atoms with Gasteiger partial charge in [-0.3, -0.25) is 4.79 Å². The van der Waals surface area contributed by atoms with Gasteiger partial charge in [0.2, 0.25) is 5.91 Å². The zero-order valence-corrected chi connectivity index (χ0v) is 21.3. The van der Waals surface area contributed by atoms with Gasteiger partial charge in [0.25, 0.3) is 0 Å². The molecule has 8 heteroatoms. The van der Waals surface area contributed by atoms with Gasteiger partial charge >= 0.3 is 12.0 Å². The van der Waals surface area contributed by atoms with Crippen LogP contribution in [0.15, 0.2) is 24.3 Å². The van der Waals surface area contributed by atoms with E-state index in [1.54, 1.807) is 9.80 Å². The lowest BCUT2D eigenvalue weighted by atomic mass is 9.87. The topological polar surface area (TPSA) is 94.7 Å². The molecule has 0 saturated carbocycles. The van der Waals surface area contributed by atoms with Gasteiger partial charge in [-0.25, -0.2) is 9.59 Å². The molecule has 1 fully saturated rings. The van der Waals surface area contributed by atoms with Gasteiger partial charge in [0.15, 0.2) is 0 Å². The van der Waals surface area contributed by atoms with Crippen LogP contribution in [0, 0.1) is 5.92 Å². The van der Waals surface area contributed by atoms with E-state index < -0.39 is 24.1 Å². The number of amides is 3. The zero-order valence-electron chi connectivity index (χ0n) is 21.3. The minimum absolute atomic E-state index is 0.184. The van der Waals surface area contributed by atoms with Crippen LogP contribution in [0.2, 0.25) is 0 Å². The highest BCUT2D eigenvalue weighted by molar-refractivity contribution is 5.94. The summed E-state index contributed by atoms with van der Waals surface area (Å²) >= 11 is 0. The number of H-pyrrole nitrogens is 1. The molecule has 1 saturated heterocycles. The summed E-state index contributed by atoms with van der Waals surface area (Å²) in [7, 11) is 1.36. The van der Waals surface area contributed by atoms with Crippen molar-refractivity contribution in [3.63, 3.8) is 0 Å². The first-order valence-electron chi connectivity index (χ1n) is 12.9. The van der Waals surface area contributed by atoms with Crippen LogP contribution in [0.25, 0.3) is 10.9 Å². The highest BCUT2D eigenvalue weighted by Crippen LogP contribution is 2.41. The summed E-state index contributed by atoms with van der Waals surface area (Å²) in [4.78, 5) is 47.1. The van der Waals surface area contributed by atoms with Crippen LogP contribution < -0.4 is 5.32 Å². The number of nitrogens with zero attached hydrogens (tertiary/aromatic N) is 2. The second-order valence-corrected chi connectivity index (χ2v) is 10.2. The first-order chi connectivity index (χ1) is 16.9. The SMILES string of the molecule is CCCCCCNC(=O)N1C[C@H]2c3[nH]c4ccccc4c3C[C@@H](C(=O)OC)N2C(=O)[C@@H]1CC(C)C. The van der Waals surface area contributed by atoms with Gasteiger partial charge in [0.05, 0.1) is 13.2 Å². The van der Waals surface area contributed by atoms with Crippen LogP contribution in [0.1, 0.15) is 70.2 Å². The van der Waals surface area contributed by atoms with Crippen molar-refractivity contribution in [1.82, 2.24) is 20.1 Å². The minimum atomic E-state index is -0.710. The van der Waals surface area contributed by atoms with Crippen LogP contribution in [0.5, 0.6) is 0 Å². The monoisotopic (exact) mass is 482 g/mol. The van der Waals surface area contributed by atoms with E-state index in [4.69, 9.17) is 4.74 Å². The molecule has 2 aromatic rings. The van der Waals surface area contributed by atoms with Crippen molar-refractivity contribution in [2.24, 2.45) is 5.92 Å². The molecule has 35 heavy (non-hydrogen) atoms. The predicted octanol–water partition coefficient (Wildman–Crippen LogP) is 4.16. The molecule has 0 radical (unpaired) electrons. The minimum Gasteiger partial charge on any atom is -0.467 e. The summed E-state index contributed by atoms with van der Waals surface area (Å²) < 4.78 is 5.13. The van der Waals surface area contributed by atoms with Crippen molar-refractivity contribution in [2.45, 2.75) is 77.4 Å². The standard InChI is InChI=1S/C27H38N4O4/c1-5-6-7-10-13-28-27(34)30-16-23-24-19(18-11-8-9-12-20(18)29-24)15-22(26(33)35-4)31(23)25(32)21(30)14-17(2)3/h8-9,11-12,17,21-23,29H,5-7,10,13-16H2,1-4H3,(H,28,34)/t21-,22-,23-/m0/s1. The van der Waals surface area contributed by atoms with Crippen molar-refractivity contribution in [2.75, 3.05) is 20.2 Å². The Morgan fingerprint density at radius 2 is 1.97 bits per heavy atom. The van der Waals surface area contributed by atoms with Gasteiger partial charge in [-0.15, -0.1) is 0 Å². The molecule has 2 aliphatic heterocycles. The summed E-state index contributed by atoms with van der Waals surface area (Å²) in [6.45, 7) is 7.17. The number of aromatic amines is 1. The Labute approximate surface area is 207 Å². The first kappa shape index (κ1) is 25.1. The second kappa shape index (κ2) is 10.7. The van der Waals surface area contributed by atoms with Crippen LogP contribution in [-0.2, 0) is 20.7 Å². The number of fused-ring (bicyclic) bond motifs is 5.